The summed E-state index contributed by atoms with van der Waals surface area (Å²) in [4.78, 5) is 23.1. The second kappa shape index (κ2) is 13.0. The van der Waals surface area contributed by atoms with Crippen molar-refractivity contribution < 1.29 is 28.9 Å². The van der Waals surface area contributed by atoms with Crippen molar-refractivity contribution in [2.45, 2.75) is 51.9 Å². The van der Waals surface area contributed by atoms with Crippen LogP contribution in [0.25, 0.3) is 0 Å². The summed E-state index contributed by atoms with van der Waals surface area (Å²) in [6.07, 6.45) is 0.740. The third-order valence-electron chi connectivity index (χ3n) is 5.12. The normalized spacial score (nSPS) is 11.4. The second-order valence-corrected chi connectivity index (χ2v) is 8.12. The van der Waals surface area contributed by atoms with E-state index in [0.29, 0.717) is 37.6 Å². The Bertz CT molecular complexity index is 987. The molecule has 0 aromatic heterocycles. The third-order valence-corrected chi connectivity index (χ3v) is 5.12. The van der Waals surface area contributed by atoms with Gasteiger partial charge in [0, 0.05) is 12.5 Å². The first-order valence-corrected chi connectivity index (χ1v) is 11.4. The summed E-state index contributed by atoms with van der Waals surface area (Å²) in [5.74, 6) is -0.0237. The monoisotopic (exact) mass is 462 g/mol. The molecule has 34 heavy (non-hydrogen) atoms. The summed E-state index contributed by atoms with van der Waals surface area (Å²) in [6, 6.07) is 25.1. The Hall–Kier alpha value is -3.80. The van der Waals surface area contributed by atoms with Crippen LogP contribution < -0.4 is 9.47 Å². The lowest BCUT2D eigenvalue weighted by atomic mass is 10.1. The van der Waals surface area contributed by atoms with Gasteiger partial charge in [0.1, 0.15) is 24.7 Å². The molecule has 6 nitrogen and oxygen atoms in total. The van der Waals surface area contributed by atoms with E-state index < -0.39 is 5.97 Å². The molecule has 0 heterocycles. The first kappa shape index (κ1) is 24.8. The van der Waals surface area contributed by atoms with Gasteiger partial charge in [-0.25, -0.2) is 0 Å². The average Bonchev–Trinajstić information content (AvgIpc) is 2.82. The molecule has 0 amide bonds. The van der Waals surface area contributed by atoms with Crippen molar-refractivity contribution in [2.75, 3.05) is 0 Å². The van der Waals surface area contributed by atoms with Crippen LogP contribution in [0.1, 0.15) is 42.9 Å². The van der Waals surface area contributed by atoms with E-state index in [1.807, 2.05) is 78.9 Å². The number of hydrogen-bond donors (Lipinski definition) is 1. The SMILES string of the molecule is CC(CCCC(=O)O)OC(=O)Cc1cc(OCc2ccccc2)cc(OCc2ccccc2)c1. The van der Waals surface area contributed by atoms with E-state index in [1.54, 1.807) is 6.92 Å². The number of ether oxygens (including phenoxy) is 3. The molecule has 3 aromatic rings. The lowest BCUT2D eigenvalue weighted by Gasteiger charge is -2.15. The van der Waals surface area contributed by atoms with Crippen LogP contribution in [-0.4, -0.2) is 23.1 Å². The highest BCUT2D eigenvalue weighted by atomic mass is 16.5. The first-order valence-electron chi connectivity index (χ1n) is 11.4. The van der Waals surface area contributed by atoms with Crippen molar-refractivity contribution >= 4 is 11.9 Å². The molecular weight excluding hydrogens is 432 g/mol. The molecule has 0 spiro atoms. The zero-order valence-corrected chi connectivity index (χ0v) is 19.3. The zero-order valence-electron chi connectivity index (χ0n) is 19.3. The van der Waals surface area contributed by atoms with Crippen molar-refractivity contribution in [1.29, 1.82) is 0 Å². The number of carbonyl (C=O) groups excluding carboxylic acids is 1. The van der Waals surface area contributed by atoms with Gasteiger partial charge in [0.2, 0.25) is 0 Å². The number of benzene rings is 3. The minimum atomic E-state index is -0.853. The van der Waals surface area contributed by atoms with Gasteiger partial charge in [-0.05, 0) is 48.6 Å². The quantitative estimate of drug-likeness (QED) is 0.334. The van der Waals surface area contributed by atoms with Crippen LogP contribution in [0.5, 0.6) is 11.5 Å². The molecule has 1 unspecified atom stereocenters. The summed E-state index contributed by atoms with van der Waals surface area (Å²) in [5, 5.41) is 8.76. The Kier molecular flexibility index (Phi) is 9.52. The summed E-state index contributed by atoms with van der Waals surface area (Å²) in [5.41, 5.74) is 2.79. The van der Waals surface area contributed by atoms with Crippen molar-refractivity contribution in [1.82, 2.24) is 0 Å². The molecule has 6 heteroatoms. The fourth-order valence-electron chi connectivity index (χ4n) is 3.41. The van der Waals surface area contributed by atoms with Gasteiger partial charge in [0.25, 0.3) is 0 Å². The standard InChI is InChI=1S/C28H30O6/c1-21(9-8-14-27(29)30)34-28(31)17-24-15-25(32-19-22-10-4-2-5-11-22)18-26(16-24)33-20-23-12-6-3-7-13-23/h2-7,10-13,15-16,18,21H,8-9,14,17,19-20H2,1H3,(H,29,30). The number of aliphatic carboxylic acids is 1. The topological polar surface area (TPSA) is 82.1 Å². The fourth-order valence-corrected chi connectivity index (χ4v) is 3.41. The van der Waals surface area contributed by atoms with Gasteiger partial charge < -0.3 is 19.3 Å². The molecule has 0 aliphatic carbocycles. The van der Waals surface area contributed by atoms with E-state index in [1.165, 1.54) is 0 Å². The van der Waals surface area contributed by atoms with Crippen LogP contribution in [0.15, 0.2) is 78.9 Å². The minimum Gasteiger partial charge on any atom is -0.489 e. The summed E-state index contributed by atoms with van der Waals surface area (Å²) in [6.45, 7) is 2.56. The Balaban J connectivity index is 1.65. The highest BCUT2D eigenvalue weighted by Crippen LogP contribution is 2.25. The molecule has 0 saturated carbocycles. The molecule has 0 aliphatic heterocycles. The predicted octanol–water partition coefficient (Wildman–Crippen LogP) is 5.57. The molecule has 0 saturated heterocycles. The van der Waals surface area contributed by atoms with Crippen LogP contribution in [0.4, 0.5) is 0 Å². The van der Waals surface area contributed by atoms with Crippen molar-refractivity contribution in [3.8, 4) is 11.5 Å². The molecule has 178 valence electrons. The molecule has 0 fully saturated rings. The summed E-state index contributed by atoms with van der Waals surface area (Å²) >= 11 is 0. The van der Waals surface area contributed by atoms with E-state index in [9.17, 15) is 9.59 Å². The maximum Gasteiger partial charge on any atom is 0.310 e. The van der Waals surface area contributed by atoms with Crippen LogP contribution >= 0.6 is 0 Å². The average molecular weight is 463 g/mol. The zero-order chi connectivity index (χ0) is 24.2. The molecule has 3 aromatic carbocycles. The van der Waals surface area contributed by atoms with Crippen LogP contribution in [-0.2, 0) is 34.0 Å². The number of rotatable bonds is 13. The Labute approximate surface area is 200 Å². The van der Waals surface area contributed by atoms with Crippen LogP contribution in [0.2, 0.25) is 0 Å². The number of carboxylic acids is 1. The van der Waals surface area contributed by atoms with Gasteiger partial charge >= 0.3 is 11.9 Å². The van der Waals surface area contributed by atoms with Crippen molar-refractivity contribution in [2.24, 2.45) is 0 Å². The molecule has 1 N–H and O–H groups in total. The highest BCUT2D eigenvalue weighted by molar-refractivity contribution is 5.73. The second-order valence-electron chi connectivity index (χ2n) is 8.12. The van der Waals surface area contributed by atoms with Gasteiger partial charge in [-0.15, -0.1) is 0 Å². The third kappa shape index (κ3) is 8.98. The largest absolute Gasteiger partial charge is 0.489 e. The van der Waals surface area contributed by atoms with Crippen molar-refractivity contribution in [3.05, 3.63) is 95.6 Å². The molecule has 0 radical (unpaired) electrons. The van der Waals surface area contributed by atoms with E-state index in [0.717, 1.165) is 16.7 Å². The van der Waals surface area contributed by atoms with E-state index in [-0.39, 0.29) is 24.9 Å². The summed E-state index contributed by atoms with van der Waals surface area (Å²) < 4.78 is 17.4. The van der Waals surface area contributed by atoms with E-state index in [2.05, 4.69) is 0 Å². The molecule has 3 rings (SSSR count). The minimum absolute atomic E-state index is 0.0603. The highest BCUT2D eigenvalue weighted by Gasteiger charge is 2.13. The number of carboxylic acid groups (broad SMARTS) is 1. The van der Waals surface area contributed by atoms with E-state index in [4.69, 9.17) is 19.3 Å². The van der Waals surface area contributed by atoms with Gasteiger partial charge in [-0.3, -0.25) is 9.59 Å². The Morgan fingerprint density at radius 2 is 1.32 bits per heavy atom. The van der Waals surface area contributed by atoms with Crippen LogP contribution in [0.3, 0.4) is 0 Å². The maximum atomic E-state index is 12.5. The van der Waals surface area contributed by atoms with Crippen molar-refractivity contribution in [3.63, 3.8) is 0 Å². The van der Waals surface area contributed by atoms with Crippen LogP contribution in [0, 0.1) is 0 Å². The van der Waals surface area contributed by atoms with Gasteiger partial charge in [-0.2, -0.15) is 0 Å². The molecule has 0 aliphatic rings. The summed E-state index contributed by atoms with van der Waals surface area (Å²) in [7, 11) is 0. The number of hydrogen-bond acceptors (Lipinski definition) is 5. The van der Waals surface area contributed by atoms with Gasteiger partial charge in [0.15, 0.2) is 0 Å². The van der Waals surface area contributed by atoms with Gasteiger partial charge in [-0.1, -0.05) is 60.7 Å². The fraction of sp³-hybridized carbons (Fsp3) is 0.286. The Morgan fingerprint density at radius 1 is 0.794 bits per heavy atom. The molecule has 1 atom stereocenters. The number of carbonyl (C=O) groups is 2. The smallest absolute Gasteiger partial charge is 0.310 e. The van der Waals surface area contributed by atoms with E-state index >= 15 is 0 Å². The first-order chi connectivity index (χ1) is 16.5. The predicted molar refractivity (Wildman–Crippen MR) is 129 cm³/mol. The molecule has 0 bridgehead atoms. The lowest BCUT2D eigenvalue weighted by Crippen LogP contribution is -2.17. The Morgan fingerprint density at radius 3 is 1.82 bits per heavy atom. The molecular formula is C28H30O6. The maximum absolute atomic E-state index is 12.5. The number of esters is 1. The lowest BCUT2D eigenvalue weighted by molar-refractivity contribution is -0.147. The van der Waals surface area contributed by atoms with Gasteiger partial charge in [0.05, 0.1) is 12.5 Å².